The zero-order valence-electron chi connectivity index (χ0n) is 13.6. The van der Waals surface area contributed by atoms with Gasteiger partial charge in [-0.3, -0.25) is 0 Å². The van der Waals surface area contributed by atoms with Crippen LogP contribution >= 0.6 is 11.3 Å². The molecular weight excluding hydrogens is 278 g/mol. The molecular formula is C17H27N3S. The lowest BCUT2D eigenvalue weighted by molar-refractivity contribution is 0.517. The number of nitrogens with zero attached hydrogens (tertiary/aromatic N) is 2. The third kappa shape index (κ3) is 4.42. The van der Waals surface area contributed by atoms with Crippen LogP contribution in [0.1, 0.15) is 68.8 Å². The van der Waals surface area contributed by atoms with Crippen LogP contribution in [0.5, 0.6) is 0 Å². The van der Waals surface area contributed by atoms with Crippen LogP contribution in [0.25, 0.3) is 0 Å². The number of hydrogen-bond acceptors (Lipinski definition) is 3. The fraction of sp³-hybridized carbons (Fsp3) is 0.588. The van der Waals surface area contributed by atoms with Crippen molar-refractivity contribution in [3.05, 3.63) is 40.1 Å². The summed E-state index contributed by atoms with van der Waals surface area (Å²) in [5.74, 6) is 0.520. The van der Waals surface area contributed by atoms with Gasteiger partial charge in [-0.15, -0.1) is 11.3 Å². The van der Waals surface area contributed by atoms with Crippen LogP contribution in [-0.4, -0.2) is 16.1 Å². The van der Waals surface area contributed by atoms with Crippen molar-refractivity contribution in [1.82, 2.24) is 14.9 Å². The Balaban J connectivity index is 2.01. The van der Waals surface area contributed by atoms with E-state index < -0.39 is 0 Å². The first-order valence-corrected chi connectivity index (χ1v) is 8.85. The van der Waals surface area contributed by atoms with Crippen LogP contribution < -0.4 is 5.32 Å². The average molecular weight is 305 g/mol. The summed E-state index contributed by atoms with van der Waals surface area (Å²) >= 11 is 1.77. The first-order valence-electron chi connectivity index (χ1n) is 7.97. The second-order valence-corrected chi connectivity index (χ2v) is 6.75. The van der Waals surface area contributed by atoms with Crippen LogP contribution in [0.3, 0.4) is 0 Å². The minimum atomic E-state index is 0.466. The van der Waals surface area contributed by atoms with Crippen molar-refractivity contribution >= 4 is 11.3 Å². The summed E-state index contributed by atoms with van der Waals surface area (Å²) in [5.41, 5.74) is 2.55. The van der Waals surface area contributed by atoms with Crippen LogP contribution in [0.15, 0.2) is 23.8 Å². The maximum atomic E-state index is 4.71. The minimum Gasteiger partial charge on any atom is -0.348 e. The van der Waals surface area contributed by atoms with Crippen molar-refractivity contribution in [3.8, 4) is 0 Å². The Bertz CT molecular complexity index is 542. The van der Waals surface area contributed by atoms with E-state index in [2.05, 4.69) is 61.4 Å². The summed E-state index contributed by atoms with van der Waals surface area (Å²) in [6, 6.07) is 2.69. The number of hydrogen-bond donors (Lipinski definition) is 1. The van der Waals surface area contributed by atoms with Crippen LogP contribution in [0, 0.1) is 0 Å². The highest BCUT2D eigenvalue weighted by atomic mass is 32.1. The summed E-state index contributed by atoms with van der Waals surface area (Å²) in [6.45, 7) is 10.8. The second-order valence-electron chi connectivity index (χ2n) is 5.86. The lowest BCUT2D eigenvalue weighted by atomic mass is 10.1. The van der Waals surface area contributed by atoms with E-state index in [-0.39, 0.29) is 0 Å². The molecule has 4 heteroatoms. The van der Waals surface area contributed by atoms with Crippen molar-refractivity contribution in [2.45, 2.75) is 59.0 Å². The Kier molecular flexibility index (Phi) is 6.00. The van der Waals surface area contributed by atoms with E-state index in [0.29, 0.717) is 12.0 Å². The van der Waals surface area contributed by atoms with Gasteiger partial charge in [0.05, 0.1) is 17.2 Å². The van der Waals surface area contributed by atoms with Gasteiger partial charge in [-0.1, -0.05) is 27.7 Å². The van der Waals surface area contributed by atoms with E-state index in [1.807, 2.05) is 0 Å². The number of nitrogens with one attached hydrogen (secondary N) is 1. The van der Waals surface area contributed by atoms with Gasteiger partial charge in [-0.2, -0.15) is 0 Å². The molecule has 21 heavy (non-hydrogen) atoms. The fourth-order valence-corrected chi connectivity index (χ4v) is 3.25. The van der Waals surface area contributed by atoms with Gasteiger partial charge in [0.15, 0.2) is 0 Å². The van der Waals surface area contributed by atoms with Crippen molar-refractivity contribution in [2.75, 3.05) is 6.54 Å². The van der Waals surface area contributed by atoms with Gasteiger partial charge in [0.1, 0.15) is 0 Å². The first-order chi connectivity index (χ1) is 10.1. The van der Waals surface area contributed by atoms with Gasteiger partial charge in [0.2, 0.25) is 0 Å². The molecule has 0 saturated carbocycles. The molecule has 0 aromatic carbocycles. The molecule has 1 unspecified atom stereocenters. The van der Waals surface area contributed by atoms with E-state index in [4.69, 9.17) is 4.98 Å². The molecule has 0 aliphatic heterocycles. The van der Waals surface area contributed by atoms with E-state index in [1.165, 1.54) is 22.7 Å². The normalized spacial score (nSPS) is 13.0. The van der Waals surface area contributed by atoms with E-state index in [1.54, 1.807) is 11.3 Å². The average Bonchev–Trinajstić information content (AvgIpc) is 3.10. The maximum absolute atomic E-state index is 4.71. The van der Waals surface area contributed by atoms with Gasteiger partial charge in [-0.05, 0) is 31.0 Å². The SMILES string of the molecule is CCCNC(CC)c1ccn(Cc2csc(C(C)C)n2)c1. The first kappa shape index (κ1) is 16.2. The third-order valence-electron chi connectivity index (χ3n) is 3.63. The van der Waals surface area contributed by atoms with E-state index in [9.17, 15) is 0 Å². The molecule has 0 aliphatic rings. The van der Waals surface area contributed by atoms with Gasteiger partial charge < -0.3 is 9.88 Å². The molecule has 0 fully saturated rings. The summed E-state index contributed by atoms with van der Waals surface area (Å²) in [7, 11) is 0. The number of aromatic nitrogens is 2. The van der Waals surface area contributed by atoms with Gasteiger partial charge in [0.25, 0.3) is 0 Å². The highest BCUT2D eigenvalue weighted by molar-refractivity contribution is 7.09. The Morgan fingerprint density at radius 2 is 2.14 bits per heavy atom. The Morgan fingerprint density at radius 3 is 2.76 bits per heavy atom. The monoisotopic (exact) mass is 305 g/mol. The molecule has 0 radical (unpaired) electrons. The van der Waals surface area contributed by atoms with Crippen molar-refractivity contribution in [2.24, 2.45) is 0 Å². The molecule has 0 saturated heterocycles. The zero-order chi connectivity index (χ0) is 15.2. The predicted octanol–water partition coefficient (Wildman–Crippen LogP) is 4.57. The van der Waals surface area contributed by atoms with E-state index in [0.717, 1.165) is 19.5 Å². The highest BCUT2D eigenvalue weighted by Crippen LogP contribution is 2.21. The number of thiazole rings is 1. The highest BCUT2D eigenvalue weighted by Gasteiger charge is 2.11. The van der Waals surface area contributed by atoms with Gasteiger partial charge >= 0.3 is 0 Å². The second kappa shape index (κ2) is 7.76. The molecule has 2 aromatic heterocycles. The molecule has 0 bridgehead atoms. The Labute approximate surface area is 132 Å². The quantitative estimate of drug-likeness (QED) is 0.774. The Morgan fingerprint density at radius 1 is 1.33 bits per heavy atom. The zero-order valence-corrected chi connectivity index (χ0v) is 14.4. The molecule has 1 atom stereocenters. The molecule has 0 aliphatic carbocycles. The number of rotatable bonds is 8. The summed E-state index contributed by atoms with van der Waals surface area (Å²) in [5, 5.41) is 7.02. The van der Waals surface area contributed by atoms with Gasteiger partial charge in [0, 0.05) is 29.7 Å². The molecule has 2 heterocycles. The summed E-state index contributed by atoms with van der Waals surface area (Å²) in [6.07, 6.45) is 6.72. The molecule has 1 N–H and O–H groups in total. The van der Waals surface area contributed by atoms with Crippen LogP contribution in [0.4, 0.5) is 0 Å². The van der Waals surface area contributed by atoms with Crippen molar-refractivity contribution in [3.63, 3.8) is 0 Å². The molecule has 3 nitrogen and oxygen atoms in total. The van der Waals surface area contributed by atoms with Crippen molar-refractivity contribution in [1.29, 1.82) is 0 Å². The topological polar surface area (TPSA) is 29.9 Å². The molecule has 2 aromatic rings. The third-order valence-corrected chi connectivity index (χ3v) is 4.83. The van der Waals surface area contributed by atoms with Crippen molar-refractivity contribution < 1.29 is 0 Å². The molecule has 0 spiro atoms. The molecule has 2 rings (SSSR count). The van der Waals surface area contributed by atoms with Crippen LogP contribution in [-0.2, 0) is 6.54 Å². The van der Waals surface area contributed by atoms with Gasteiger partial charge in [-0.25, -0.2) is 4.98 Å². The maximum Gasteiger partial charge on any atom is 0.0954 e. The lowest BCUT2D eigenvalue weighted by Crippen LogP contribution is -2.21. The fourth-order valence-electron chi connectivity index (χ4n) is 2.43. The predicted molar refractivity (Wildman–Crippen MR) is 91.1 cm³/mol. The lowest BCUT2D eigenvalue weighted by Gasteiger charge is -2.15. The largest absolute Gasteiger partial charge is 0.348 e. The molecule has 0 amide bonds. The smallest absolute Gasteiger partial charge is 0.0954 e. The molecule has 116 valence electrons. The standard InChI is InChI=1S/C17H27N3S/c1-5-8-18-16(6-2)14-7-9-20(10-14)11-15-12-21-17(19-15)13(3)4/h7,9-10,12-13,16,18H,5-6,8,11H2,1-4H3. The summed E-state index contributed by atoms with van der Waals surface area (Å²) in [4.78, 5) is 4.71. The van der Waals surface area contributed by atoms with Crippen LogP contribution in [0.2, 0.25) is 0 Å². The summed E-state index contributed by atoms with van der Waals surface area (Å²) < 4.78 is 2.24. The minimum absolute atomic E-state index is 0.466. The Hall–Kier alpha value is -1.13. The van der Waals surface area contributed by atoms with E-state index >= 15 is 0 Å².